The lowest BCUT2D eigenvalue weighted by Gasteiger charge is -2.12. The van der Waals surface area contributed by atoms with E-state index >= 15 is 0 Å². The van der Waals surface area contributed by atoms with Crippen molar-refractivity contribution in [2.45, 2.75) is 20.3 Å². The molecule has 0 saturated heterocycles. The maximum absolute atomic E-state index is 12.1. The molecule has 2 aromatic heterocycles. The summed E-state index contributed by atoms with van der Waals surface area (Å²) >= 11 is 0. The summed E-state index contributed by atoms with van der Waals surface area (Å²) in [5.74, 6) is 0.673. The number of hydrogen-bond acceptors (Lipinski definition) is 6. The Morgan fingerprint density at radius 1 is 1.26 bits per heavy atom. The summed E-state index contributed by atoms with van der Waals surface area (Å²) in [5.41, 5.74) is 3.63. The van der Waals surface area contributed by atoms with Crippen LogP contribution in [0.5, 0.6) is 11.5 Å². The van der Waals surface area contributed by atoms with Gasteiger partial charge in [0.05, 0.1) is 18.3 Å². The number of H-pyrrole nitrogens is 1. The highest BCUT2D eigenvalue weighted by atomic mass is 16.7. The van der Waals surface area contributed by atoms with Crippen LogP contribution < -0.4 is 9.47 Å². The number of benzene rings is 1. The van der Waals surface area contributed by atoms with Crippen molar-refractivity contribution in [3.63, 3.8) is 0 Å². The van der Waals surface area contributed by atoms with Gasteiger partial charge in [0.1, 0.15) is 5.75 Å². The molecule has 0 aliphatic heterocycles. The summed E-state index contributed by atoms with van der Waals surface area (Å²) in [6.45, 7) is 3.29. The van der Waals surface area contributed by atoms with Crippen molar-refractivity contribution in [3.8, 4) is 11.5 Å². The highest BCUT2D eigenvalue weighted by molar-refractivity contribution is 5.95. The van der Waals surface area contributed by atoms with Crippen molar-refractivity contribution in [1.82, 2.24) is 9.97 Å². The van der Waals surface area contributed by atoms with E-state index in [9.17, 15) is 4.79 Å². The van der Waals surface area contributed by atoms with Crippen LogP contribution >= 0.6 is 0 Å². The highest BCUT2D eigenvalue weighted by Gasteiger charge is 2.20. The second-order valence-corrected chi connectivity index (χ2v) is 5.89. The van der Waals surface area contributed by atoms with E-state index in [2.05, 4.69) is 15.1 Å². The standard InChI is InChI=1S/C20H21N3O4/c1-4-22-26-12-18(24)27-20-13(2)23-16-5-6-17(25-3)15(19(16)20)11-14-7-9-21-10-8-14/h4-10,23H,11-12H2,1-3H3. The lowest BCUT2D eigenvalue weighted by atomic mass is 10.0. The summed E-state index contributed by atoms with van der Waals surface area (Å²) in [5, 5.41) is 4.38. The third-order valence-electron chi connectivity index (χ3n) is 4.09. The van der Waals surface area contributed by atoms with Crippen molar-refractivity contribution in [1.29, 1.82) is 0 Å². The first-order valence-corrected chi connectivity index (χ1v) is 8.51. The van der Waals surface area contributed by atoms with E-state index in [0.29, 0.717) is 12.2 Å². The molecule has 0 atom stereocenters. The highest BCUT2D eigenvalue weighted by Crippen LogP contribution is 2.38. The zero-order chi connectivity index (χ0) is 19.2. The van der Waals surface area contributed by atoms with Crippen LogP contribution in [-0.4, -0.2) is 35.9 Å². The Kier molecular flexibility index (Phi) is 5.71. The number of esters is 1. The van der Waals surface area contributed by atoms with Crippen molar-refractivity contribution in [3.05, 3.63) is 53.5 Å². The second-order valence-electron chi connectivity index (χ2n) is 5.89. The molecule has 0 fully saturated rings. The van der Waals surface area contributed by atoms with E-state index in [1.54, 1.807) is 26.4 Å². The largest absolute Gasteiger partial charge is 0.496 e. The molecule has 27 heavy (non-hydrogen) atoms. The number of pyridine rings is 1. The molecule has 3 rings (SSSR count). The van der Waals surface area contributed by atoms with Gasteiger partial charge in [-0.3, -0.25) is 4.98 Å². The van der Waals surface area contributed by atoms with Crippen LogP contribution in [0, 0.1) is 6.92 Å². The average molecular weight is 367 g/mol. The summed E-state index contributed by atoms with van der Waals surface area (Å²) in [7, 11) is 1.62. The van der Waals surface area contributed by atoms with Gasteiger partial charge in [-0.2, -0.15) is 0 Å². The van der Waals surface area contributed by atoms with Gasteiger partial charge >= 0.3 is 5.97 Å². The molecular weight excluding hydrogens is 346 g/mol. The van der Waals surface area contributed by atoms with Crippen LogP contribution in [0.3, 0.4) is 0 Å². The maximum atomic E-state index is 12.1. The second kappa shape index (κ2) is 8.35. The zero-order valence-electron chi connectivity index (χ0n) is 15.5. The molecule has 0 aliphatic rings. The molecule has 2 heterocycles. The van der Waals surface area contributed by atoms with Gasteiger partial charge in [0.15, 0.2) is 5.75 Å². The number of nitrogens with zero attached hydrogens (tertiary/aromatic N) is 2. The summed E-state index contributed by atoms with van der Waals surface area (Å²) in [6.07, 6.45) is 5.57. The molecule has 0 bridgehead atoms. The quantitative estimate of drug-likeness (QED) is 0.393. The Morgan fingerprint density at radius 2 is 2.04 bits per heavy atom. The van der Waals surface area contributed by atoms with Crippen LogP contribution in [0.15, 0.2) is 41.8 Å². The fraction of sp³-hybridized carbons (Fsp3) is 0.250. The van der Waals surface area contributed by atoms with E-state index in [1.807, 2.05) is 31.2 Å². The predicted octanol–water partition coefficient (Wildman–Crippen LogP) is 3.40. The number of aromatic nitrogens is 2. The lowest BCUT2D eigenvalue weighted by molar-refractivity contribution is -0.139. The minimum atomic E-state index is -0.526. The predicted molar refractivity (Wildman–Crippen MR) is 102 cm³/mol. The number of aromatic amines is 1. The van der Waals surface area contributed by atoms with Crippen LogP contribution in [0.4, 0.5) is 0 Å². The average Bonchev–Trinajstić information content (AvgIpc) is 2.99. The van der Waals surface area contributed by atoms with E-state index in [4.69, 9.17) is 14.3 Å². The number of hydrogen-bond donors (Lipinski definition) is 1. The number of fused-ring (bicyclic) bond motifs is 1. The van der Waals surface area contributed by atoms with Crippen molar-refractivity contribution < 1.29 is 19.1 Å². The number of rotatable bonds is 7. The molecular formula is C20H21N3O4. The number of carbonyl (C=O) groups excluding carboxylic acids is 1. The summed E-state index contributed by atoms with van der Waals surface area (Å²) in [4.78, 5) is 24.3. The first kappa shape index (κ1) is 18.4. The third kappa shape index (κ3) is 4.08. The lowest BCUT2D eigenvalue weighted by Crippen LogP contribution is -2.14. The molecule has 7 heteroatoms. The van der Waals surface area contributed by atoms with Gasteiger partial charge in [-0.15, -0.1) is 0 Å². The van der Waals surface area contributed by atoms with Crippen LogP contribution in [0.1, 0.15) is 23.7 Å². The Labute approximate surface area is 157 Å². The molecule has 0 spiro atoms. The fourth-order valence-electron chi connectivity index (χ4n) is 2.95. The Morgan fingerprint density at radius 3 is 2.74 bits per heavy atom. The van der Waals surface area contributed by atoms with Gasteiger partial charge in [-0.1, -0.05) is 5.16 Å². The number of carbonyl (C=O) groups is 1. The number of oxime groups is 1. The fourth-order valence-corrected chi connectivity index (χ4v) is 2.95. The zero-order valence-corrected chi connectivity index (χ0v) is 15.5. The van der Waals surface area contributed by atoms with Crippen LogP contribution in [-0.2, 0) is 16.1 Å². The van der Waals surface area contributed by atoms with E-state index < -0.39 is 5.97 Å². The molecule has 0 amide bonds. The van der Waals surface area contributed by atoms with E-state index in [-0.39, 0.29) is 6.61 Å². The van der Waals surface area contributed by atoms with Gasteiger partial charge in [-0.05, 0) is 43.7 Å². The SMILES string of the molecule is CC=NOCC(=O)Oc1c(C)[nH]c2ccc(OC)c(Cc3ccncc3)c12. The molecule has 0 saturated carbocycles. The first-order chi connectivity index (χ1) is 13.1. The number of aryl methyl sites for hydroxylation is 1. The molecule has 3 aromatic rings. The van der Waals surface area contributed by atoms with Gasteiger partial charge < -0.3 is 19.3 Å². The Balaban J connectivity index is 2.03. The molecule has 1 aromatic carbocycles. The molecule has 140 valence electrons. The molecule has 0 aliphatic carbocycles. The number of nitrogens with one attached hydrogen (secondary N) is 1. The summed E-state index contributed by atoms with van der Waals surface area (Å²) in [6, 6.07) is 7.70. The van der Waals surface area contributed by atoms with E-state index in [1.165, 1.54) is 6.21 Å². The van der Waals surface area contributed by atoms with Crippen LogP contribution in [0.25, 0.3) is 10.9 Å². The Bertz CT molecular complexity index is 964. The van der Waals surface area contributed by atoms with Gasteiger partial charge in [0.2, 0.25) is 6.61 Å². The number of ether oxygens (including phenoxy) is 2. The van der Waals surface area contributed by atoms with Crippen LogP contribution in [0.2, 0.25) is 0 Å². The molecule has 0 unspecified atom stereocenters. The van der Waals surface area contributed by atoms with Gasteiger partial charge in [-0.25, -0.2) is 4.79 Å². The van der Waals surface area contributed by atoms with Crippen molar-refractivity contribution >= 4 is 23.1 Å². The molecule has 1 N–H and O–H groups in total. The molecule has 7 nitrogen and oxygen atoms in total. The van der Waals surface area contributed by atoms with Gasteiger partial charge in [0, 0.05) is 36.0 Å². The first-order valence-electron chi connectivity index (χ1n) is 8.51. The number of methoxy groups -OCH3 is 1. The van der Waals surface area contributed by atoms with E-state index in [0.717, 1.165) is 33.5 Å². The topological polar surface area (TPSA) is 85.8 Å². The normalized spacial score (nSPS) is 11.1. The minimum Gasteiger partial charge on any atom is -0.496 e. The third-order valence-corrected chi connectivity index (χ3v) is 4.09. The maximum Gasteiger partial charge on any atom is 0.352 e. The molecule has 0 radical (unpaired) electrons. The van der Waals surface area contributed by atoms with Crippen molar-refractivity contribution in [2.75, 3.05) is 13.7 Å². The van der Waals surface area contributed by atoms with Crippen molar-refractivity contribution in [2.24, 2.45) is 5.16 Å². The van der Waals surface area contributed by atoms with Gasteiger partial charge in [0.25, 0.3) is 0 Å². The minimum absolute atomic E-state index is 0.264. The Hall–Kier alpha value is -3.35. The summed E-state index contributed by atoms with van der Waals surface area (Å²) < 4.78 is 11.1. The smallest absolute Gasteiger partial charge is 0.352 e. The monoisotopic (exact) mass is 367 g/mol.